The van der Waals surface area contributed by atoms with Crippen LogP contribution < -0.4 is 14.4 Å². The molecule has 2 aromatic carbocycles. The number of phenols is 1. The van der Waals surface area contributed by atoms with Gasteiger partial charge in [0.15, 0.2) is 44.4 Å². The molecule has 0 radical (unpaired) electrons. The molecule has 3 aromatic rings. The molecule has 0 amide bonds. The van der Waals surface area contributed by atoms with Crippen molar-refractivity contribution in [1.29, 1.82) is 0 Å². The van der Waals surface area contributed by atoms with Gasteiger partial charge in [0, 0.05) is 7.05 Å². The van der Waals surface area contributed by atoms with Gasteiger partial charge in [0.05, 0.1) is 17.8 Å². The van der Waals surface area contributed by atoms with Crippen molar-refractivity contribution in [2.75, 3.05) is 11.9 Å². The summed E-state index contributed by atoms with van der Waals surface area (Å²) >= 11 is 0. The van der Waals surface area contributed by atoms with Gasteiger partial charge in [-0.2, -0.15) is 0 Å². The van der Waals surface area contributed by atoms with Crippen molar-refractivity contribution in [1.82, 2.24) is 15.2 Å². The Morgan fingerprint density at radius 1 is 1.09 bits per heavy atom. The third kappa shape index (κ3) is 4.66. The first-order chi connectivity index (χ1) is 16.7. The van der Waals surface area contributed by atoms with Gasteiger partial charge in [0.2, 0.25) is 0 Å². The number of rotatable bonds is 5. The normalized spacial score (nSPS) is 22.7. The summed E-state index contributed by atoms with van der Waals surface area (Å²) in [7, 11) is 5.56. The number of benzene rings is 2. The van der Waals surface area contributed by atoms with Crippen LogP contribution in [0.25, 0.3) is 22.5 Å². The van der Waals surface area contributed by atoms with E-state index in [0.717, 1.165) is 30.4 Å². The van der Waals surface area contributed by atoms with Crippen LogP contribution >= 0.6 is 0 Å². The highest BCUT2D eigenvalue weighted by Crippen LogP contribution is 2.41. The van der Waals surface area contributed by atoms with Gasteiger partial charge < -0.3 is 19.5 Å². The van der Waals surface area contributed by atoms with Gasteiger partial charge in [-0.3, -0.25) is 0 Å². The third-order valence-electron chi connectivity index (χ3n) is 7.06. The average Bonchev–Trinajstić information content (AvgIpc) is 3.17. The zero-order valence-corrected chi connectivity index (χ0v) is 20.5. The molecule has 1 saturated carbocycles. The predicted octanol–water partition coefficient (Wildman–Crippen LogP) is 2.91. The maximum absolute atomic E-state index is 14.6. The topological polar surface area (TPSA) is 80.6 Å². The van der Waals surface area contributed by atoms with Gasteiger partial charge >= 0.3 is 0 Å². The molecular weight excluding hydrogens is 445 g/mol. The summed E-state index contributed by atoms with van der Waals surface area (Å²) in [6, 6.07) is 10.8. The van der Waals surface area contributed by atoms with Crippen LogP contribution in [0.5, 0.6) is 17.2 Å². The lowest BCUT2D eigenvalue weighted by Crippen LogP contribution is -2.44. The number of phenolic OH excluding ortho intramolecular Hbond substituents is 1. The van der Waals surface area contributed by atoms with Gasteiger partial charge in [-0.05, 0) is 60.6 Å². The molecule has 2 heterocycles. The Bertz CT molecular complexity index is 1230. The van der Waals surface area contributed by atoms with E-state index in [0.29, 0.717) is 41.0 Å². The first kappa shape index (κ1) is 23.5. The number of hydrogen-bond donors (Lipinski definition) is 1. The van der Waals surface area contributed by atoms with Crippen LogP contribution in [0, 0.1) is 5.92 Å². The Labute approximate surface area is 206 Å². The second kappa shape index (κ2) is 9.06. The van der Waals surface area contributed by atoms with Gasteiger partial charge in [0.25, 0.3) is 0 Å². The molecule has 1 N–H and O–H groups in total. The van der Waals surface area contributed by atoms with Crippen molar-refractivity contribution in [2.24, 2.45) is 5.92 Å². The molecule has 0 saturated heterocycles. The lowest BCUT2D eigenvalue weighted by Gasteiger charge is -2.37. The van der Waals surface area contributed by atoms with Crippen LogP contribution in [0.15, 0.2) is 42.6 Å². The molecule has 180 valence electrons. The first-order valence-corrected chi connectivity index (χ1v) is 12.2. The zero-order valence-electron chi connectivity index (χ0n) is 20.5. The van der Waals surface area contributed by atoms with Crippen molar-refractivity contribution in [2.45, 2.75) is 50.4 Å². The zero-order chi connectivity index (χ0) is 24.7. The Balaban J connectivity index is 1.34. The highest BCUT2D eigenvalue weighted by atomic mass is 19.1. The summed E-state index contributed by atoms with van der Waals surface area (Å²) in [6.07, 6.45) is 4.08. The minimum absolute atomic E-state index is 0.0466. The Morgan fingerprint density at radius 2 is 1.83 bits per heavy atom. The molecule has 7 nitrogen and oxygen atoms in total. The quantitative estimate of drug-likeness (QED) is 0.570. The van der Waals surface area contributed by atoms with Crippen molar-refractivity contribution < 1.29 is 19.0 Å². The number of anilines is 1. The van der Waals surface area contributed by atoms with Crippen LogP contribution in [0.3, 0.4) is 0 Å². The molecule has 0 spiro atoms. The average molecular weight is 474 g/mol. The van der Waals surface area contributed by atoms with Gasteiger partial charge in [-0.25, -0.2) is 9.37 Å². The third-order valence-corrected chi connectivity index (χ3v) is 7.06. The number of aromatic hydroxyl groups is 1. The van der Waals surface area contributed by atoms with Crippen LogP contribution in [-0.2, 0) is 0 Å². The van der Waals surface area contributed by atoms with Crippen LogP contribution in [0.4, 0.5) is 10.2 Å². The minimum atomic E-state index is -0.886. The van der Waals surface area contributed by atoms with Crippen molar-refractivity contribution in [3.8, 4) is 39.8 Å². The molecule has 35 heavy (non-hydrogen) atoms. The molecule has 0 bridgehead atoms. The Kier molecular flexibility index (Phi) is 6.07. The number of halogens is 1. The van der Waals surface area contributed by atoms with E-state index in [4.69, 9.17) is 9.47 Å². The summed E-state index contributed by atoms with van der Waals surface area (Å²) in [4.78, 5) is 6.27. The second-order valence-corrected chi connectivity index (χ2v) is 9.92. The second-order valence-electron chi connectivity index (χ2n) is 9.92. The van der Waals surface area contributed by atoms with Crippen molar-refractivity contribution in [3.05, 3.63) is 42.6 Å². The fraction of sp³-hybridized carbons (Fsp3) is 0.400. The van der Waals surface area contributed by atoms with E-state index in [-0.39, 0.29) is 11.8 Å². The predicted molar refractivity (Wildman–Crippen MR) is 138 cm³/mol. The fourth-order valence-corrected chi connectivity index (χ4v) is 4.99. The van der Waals surface area contributed by atoms with E-state index in [1.165, 1.54) is 0 Å². The minimum Gasteiger partial charge on any atom is -0.507 e. The van der Waals surface area contributed by atoms with Crippen LogP contribution in [0.1, 0.15) is 32.6 Å². The smallest absolute Gasteiger partial charge is 0.197 e. The Hall–Kier alpha value is -3.29. The number of hydrogen-bond acceptors (Lipinski definition) is 7. The highest BCUT2D eigenvalue weighted by Gasteiger charge is 2.34. The lowest BCUT2D eigenvalue weighted by atomic mass is 9.76. The van der Waals surface area contributed by atoms with E-state index in [1.54, 1.807) is 18.3 Å². The molecule has 0 unspecified atom stereocenters. The first-order valence-electron chi connectivity index (χ1n) is 12.2. The summed E-state index contributed by atoms with van der Waals surface area (Å²) in [6.45, 7) is 2.15. The van der Waals surface area contributed by atoms with Gasteiger partial charge in [-0.1, -0.05) is 25.5 Å². The largest absolute Gasteiger partial charge is 0.507 e. The molecule has 10 heteroatoms. The van der Waals surface area contributed by atoms with E-state index in [1.807, 2.05) is 51.9 Å². The van der Waals surface area contributed by atoms with E-state index in [9.17, 15) is 9.50 Å². The maximum Gasteiger partial charge on any atom is 0.197 e. The van der Waals surface area contributed by atoms with Crippen molar-refractivity contribution in [3.63, 3.8) is 0 Å². The van der Waals surface area contributed by atoms with Gasteiger partial charge in [-0.15, -0.1) is 10.2 Å². The van der Waals surface area contributed by atoms with Gasteiger partial charge in [0.1, 0.15) is 11.9 Å². The van der Waals surface area contributed by atoms with E-state index >= 15 is 0 Å². The van der Waals surface area contributed by atoms with E-state index in [2.05, 4.69) is 22.1 Å². The summed E-state index contributed by atoms with van der Waals surface area (Å²) in [5, 5.41) is 19.3. The summed E-state index contributed by atoms with van der Waals surface area (Å²) < 4.78 is 26.2. The maximum atomic E-state index is 14.6. The number of fused-ring (bicyclic) bond motifs is 1. The summed E-state index contributed by atoms with van der Waals surface area (Å²) in [5.74, 6) is 2.78. The molecule has 3 atom stereocenters. The van der Waals surface area contributed by atoms with E-state index < -0.39 is 11.8 Å². The monoisotopic (exact) mass is 474 g/mol. The fourth-order valence-electron chi connectivity index (χ4n) is 4.99. The molecule has 1 aliphatic carbocycles. The highest BCUT2D eigenvalue weighted by molar-refractivity contribution is 6.38. The standard InChI is InChI=1S/C25H29B2FN4O3/c1-3-14-4-8-18(28)19(10-14)32(2)23-13-29-24(31-30-23)17-7-5-15(11-20(17)33)16-6-9-21-22(12-16)35-25(26,27)34-21/h5-7,9,11-14,18-19,33H,3-4,8,10,26-27H2,1-2H3/t14-,18+,19-/m1/s1. The Morgan fingerprint density at radius 3 is 2.54 bits per heavy atom. The lowest BCUT2D eigenvalue weighted by molar-refractivity contribution is 0.0833. The number of aromatic nitrogens is 3. The van der Waals surface area contributed by atoms with Crippen LogP contribution in [0.2, 0.25) is 0 Å². The molecule has 1 fully saturated rings. The number of nitrogens with zero attached hydrogens (tertiary/aromatic N) is 4. The molecule has 2 aliphatic rings. The molecule has 1 aliphatic heterocycles. The van der Waals surface area contributed by atoms with Crippen LogP contribution in [-0.4, -0.2) is 60.8 Å². The molecule has 5 rings (SSSR count). The van der Waals surface area contributed by atoms with Crippen molar-refractivity contribution >= 4 is 21.5 Å². The number of ether oxygens (including phenoxy) is 2. The molecule has 1 aromatic heterocycles. The number of alkyl halides is 1. The SMILES string of the molecule is BC1(B)Oc2ccc(-c3ccc(-c4ncc(N(C)[C@@H]5C[C@H](CC)CC[C@@H]5F)nn4)c(O)c3)cc2O1. The summed E-state index contributed by atoms with van der Waals surface area (Å²) in [5.41, 5.74) is 1.49. The molecular formula is C25H29B2FN4O3.